The lowest BCUT2D eigenvalue weighted by Gasteiger charge is -2.24. The Morgan fingerprint density at radius 1 is 1.12 bits per heavy atom. The molecule has 1 unspecified atom stereocenters. The van der Waals surface area contributed by atoms with Gasteiger partial charge in [-0.1, -0.05) is 29.8 Å². The van der Waals surface area contributed by atoms with E-state index in [0.717, 1.165) is 28.8 Å². The molecule has 33 heavy (non-hydrogen) atoms. The van der Waals surface area contributed by atoms with Gasteiger partial charge in [0, 0.05) is 12.7 Å². The monoisotopic (exact) mass is 495 g/mol. The number of likely N-dealkylation sites (N-methyl/N-ethyl adjacent to an activating group) is 1. The molecule has 2 N–H and O–H groups in total. The molecule has 2 amide bonds. The first-order valence-corrected chi connectivity index (χ1v) is 13.2. The molecule has 0 aromatic heterocycles. The number of hydrogen-bond donors (Lipinski definition) is 2. The Morgan fingerprint density at radius 2 is 1.73 bits per heavy atom. The van der Waals surface area contributed by atoms with Crippen molar-refractivity contribution >= 4 is 39.3 Å². The standard InChI is InChI=1S/C23H30FN3O4S2/c1-15-12-16(2)22(17(3)13-15)25-21(28)14-27(4)23(29)19(10-11-32-5)26-33(30,31)20-9-7-6-8-18(20)24/h6-9,12-13,19,26H,10-11,14H2,1-5H3,(H,25,28). The fraction of sp³-hybridized carbons (Fsp3) is 0.391. The molecule has 2 rings (SSSR count). The van der Waals surface area contributed by atoms with E-state index in [4.69, 9.17) is 0 Å². The van der Waals surface area contributed by atoms with Crippen LogP contribution in [0.2, 0.25) is 0 Å². The number of carbonyl (C=O) groups excluding carboxylic acids is 2. The van der Waals surface area contributed by atoms with Crippen LogP contribution in [-0.2, 0) is 19.6 Å². The summed E-state index contributed by atoms with van der Waals surface area (Å²) in [4.78, 5) is 26.3. The summed E-state index contributed by atoms with van der Waals surface area (Å²) in [6.07, 6.45) is 2.02. The molecule has 180 valence electrons. The summed E-state index contributed by atoms with van der Waals surface area (Å²) in [6, 6.07) is 7.73. The number of sulfonamides is 1. The van der Waals surface area contributed by atoms with Gasteiger partial charge in [0.25, 0.3) is 0 Å². The average Bonchev–Trinajstić information content (AvgIpc) is 2.73. The van der Waals surface area contributed by atoms with Crippen molar-refractivity contribution in [2.75, 3.05) is 30.9 Å². The molecule has 0 radical (unpaired) electrons. The third-order valence-electron chi connectivity index (χ3n) is 5.03. The molecule has 0 aliphatic heterocycles. The fourth-order valence-corrected chi connectivity index (χ4v) is 5.27. The van der Waals surface area contributed by atoms with Gasteiger partial charge >= 0.3 is 0 Å². The summed E-state index contributed by atoms with van der Waals surface area (Å²) >= 11 is 1.45. The van der Waals surface area contributed by atoms with Crippen molar-refractivity contribution in [2.45, 2.75) is 38.1 Å². The number of nitrogens with zero attached hydrogens (tertiary/aromatic N) is 1. The van der Waals surface area contributed by atoms with E-state index in [1.165, 1.54) is 35.8 Å². The number of benzene rings is 2. The zero-order valence-electron chi connectivity index (χ0n) is 19.4. The largest absolute Gasteiger partial charge is 0.335 e. The molecule has 0 saturated heterocycles. The van der Waals surface area contributed by atoms with Gasteiger partial charge in [-0.2, -0.15) is 16.5 Å². The summed E-state index contributed by atoms with van der Waals surface area (Å²) in [5.41, 5.74) is 3.58. The van der Waals surface area contributed by atoms with E-state index < -0.39 is 38.6 Å². The van der Waals surface area contributed by atoms with Crippen LogP contribution in [0.1, 0.15) is 23.1 Å². The van der Waals surface area contributed by atoms with Crippen LogP contribution in [0.3, 0.4) is 0 Å². The molecule has 10 heteroatoms. The summed E-state index contributed by atoms with van der Waals surface area (Å²) in [5, 5.41) is 2.83. The van der Waals surface area contributed by atoms with Crippen molar-refractivity contribution in [3.8, 4) is 0 Å². The first-order chi connectivity index (χ1) is 15.5. The number of hydrogen-bond acceptors (Lipinski definition) is 5. The van der Waals surface area contributed by atoms with Gasteiger partial charge in [0.15, 0.2) is 0 Å². The number of carbonyl (C=O) groups is 2. The second-order valence-corrected chi connectivity index (χ2v) is 10.6. The molecule has 0 fully saturated rings. The lowest BCUT2D eigenvalue weighted by molar-refractivity contribution is -0.134. The van der Waals surface area contributed by atoms with Crippen LogP contribution < -0.4 is 10.0 Å². The molecule has 1 atom stereocenters. The SMILES string of the molecule is CSCCC(NS(=O)(=O)c1ccccc1F)C(=O)N(C)CC(=O)Nc1c(C)cc(C)cc1C. The number of nitrogens with one attached hydrogen (secondary N) is 2. The first kappa shape index (κ1) is 26.8. The van der Waals surface area contributed by atoms with Gasteiger partial charge in [-0.25, -0.2) is 12.8 Å². The number of anilines is 1. The van der Waals surface area contributed by atoms with Crippen LogP contribution in [0, 0.1) is 26.6 Å². The minimum absolute atomic E-state index is 0.190. The second kappa shape index (κ2) is 11.6. The van der Waals surface area contributed by atoms with Gasteiger partial charge < -0.3 is 10.2 Å². The highest BCUT2D eigenvalue weighted by Gasteiger charge is 2.30. The lowest BCUT2D eigenvalue weighted by Crippen LogP contribution is -2.49. The number of halogens is 1. The molecule has 0 heterocycles. The van der Waals surface area contributed by atoms with E-state index in [0.29, 0.717) is 11.4 Å². The Labute approximate surface area is 199 Å². The molecule has 0 bridgehead atoms. The molecule has 2 aromatic rings. The Morgan fingerprint density at radius 3 is 2.30 bits per heavy atom. The Hall–Kier alpha value is -2.43. The van der Waals surface area contributed by atoms with Gasteiger partial charge in [-0.05, 0) is 62.5 Å². The van der Waals surface area contributed by atoms with E-state index >= 15 is 0 Å². The second-order valence-electron chi connectivity index (χ2n) is 7.90. The van der Waals surface area contributed by atoms with E-state index in [9.17, 15) is 22.4 Å². The molecular formula is C23H30FN3O4S2. The third kappa shape index (κ3) is 7.28. The van der Waals surface area contributed by atoms with Crippen molar-refractivity contribution in [3.63, 3.8) is 0 Å². The van der Waals surface area contributed by atoms with Crippen molar-refractivity contribution in [3.05, 3.63) is 58.9 Å². The normalized spacial score (nSPS) is 12.3. The van der Waals surface area contributed by atoms with Crippen molar-refractivity contribution in [1.82, 2.24) is 9.62 Å². The average molecular weight is 496 g/mol. The van der Waals surface area contributed by atoms with Crippen molar-refractivity contribution < 1.29 is 22.4 Å². The van der Waals surface area contributed by atoms with E-state index in [1.54, 1.807) is 0 Å². The Bertz CT molecular complexity index is 1100. The summed E-state index contributed by atoms with van der Waals surface area (Å²) in [5.74, 6) is -1.38. The highest BCUT2D eigenvalue weighted by Crippen LogP contribution is 2.22. The minimum Gasteiger partial charge on any atom is -0.335 e. The van der Waals surface area contributed by atoms with Crippen LogP contribution >= 0.6 is 11.8 Å². The topological polar surface area (TPSA) is 95.6 Å². The number of aryl methyl sites for hydroxylation is 3. The maximum atomic E-state index is 14.0. The number of amides is 2. The molecule has 2 aromatic carbocycles. The highest BCUT2D eigenvalue weighted by atomic mass is 32.2. The van der Waals surface area contributed by atoms with Gasteiger partial charge in [0.2, 0.25) is 21.8 Å². The predicted molar refractivity (Wildman–Crippen MR) is 130 cm³/mol. The summed E-state index contributed by atoms with van der Waals surface area (Å²) < 4.78 is 41.8. The van der Waals surface area contributed by atoms with Crippen molar-refractivity contribution in [1.29, 1.82) is 0 Å². The molecule has 0 aliphatic rings. The van der Waals surface area contributed by atoms with Crippen LogP contribution in [0.4, 0.5) is 10.1 Å². The van der Waals surface area contributed by atoms with Gasteiger partial charge in [0.05, 0.1) is 6.54 Å². The lowest BCUT2D eigenvalue weighted by atomic mass is 10.1. The van der Waals surface area contributed by atoms with Crippen LogP contribution in [-0.4, -0.2) is 56.8 Å². The smallest absolute Gasteiger partial charge is 0.244 e. The van der Waals surface area contributed by atoms with Crippen molar-refractivity contribution in [2.24, 2.45) is 0 Å². The van der Waals surface area contributed by atoms with Crippen LogP contribution in [0.25, 0.3) is 0 Å². The molecule has 0 spiro atoms. The Balaban J connectivity index is 2.15. The van der Waals surface area contributed by atoms with E-state index in [-0.39, 0.29) is 13.0 Å². The minimum atomic E-state index is -4.27. The zero-order chi connectivity index (χ0) is 24.8. The van der Waals surface area contributed by atoms with E-state index in [1.807, 2.05) is 39.2 Å². The molecular weight excluding hydrogens is 465 g/mol. The first-order valence-electron chi connectivity index (χ1n) is 10.3. The Kier molecular flexibility index (Phi) is 9.45. The predicted octanol–water partition coefficient (Wildman–Crippen LogP) is 3.25. The number of thioether (sulfide) groups is 1. The highest BCUT2D eigenvalue weighted by molar-refractivity contribution is 7.98. The van der Waals surface area contributed by atoms with Gasteiger partial charge in [-0.15, -0.1) is 0 Å². The van der Waals surface area contributed by atoms with Gasteiger partial charge in [-0.3, -0.25) is 9.59 Å². The van der Waals surface area contributed by atoms with Crippen LogP contribution in [0.5, 0.6) is 0 Å². The zero-order valence-corrected chi connectivity index (χ0v) is 21.1. The number of rotatable bonds is 10. The molecule has 0 aliphatic carbocycles. The maximum absolute atomic E-state index is 14.0. The van der Waals surface area contributed by atoms with E-state index in [2.05, 4.69) is 10.0 Å². The molecule has 0 saturated carbocycles. The molecule has 7 nitrogen and oxygen atoms in total. The fourth-order valence-electron chi connectivity index (χ4n) is 3.50. The quantitative estimate of drug-likeness (QED) is 0.528. The third-order valence-corrected chi connectivity index (χ3v) is 7.18. The summed E-state index contributed by atoms with van der Waals surface area (Å²) in [6.45, 7) is 5.48. The maximum Gasteiger partial charge on any atom is 0.244 e. The van der Waals surface area contributed by atoms with Gasteiger partial charge in [0.1, 0.15) is 16.8 Å². The van der Waals surface area contributed by atoms with Crippen LogP contribution in [0.15, 0.2) is 41.3 Å². The summed E-state index contributed by atoms with van der Waals surface area (Å²) in [7, 11) is -2.84.